The van der Waals surface area contributed by atoms with Gasteiger partial charge < -0.3 is 9.64 Å². The quantitative estimate of drug-likeness (QED) is 0.623. The van der Waals surface area contributed by atoms with Gasteiger partial charge in [0.1, 0.15) is 0 Å². The molecular weight excluding hydrogens is 150 g/mol. The summed E-state index contributed by atoms with van der Waals surface area (Å²) in [5, 5.41) is 0. The van der Waals surface area contributed by atoms with Crippen LogP contribution in [0.1, 0.15) is 32.1 Å². The van der Waals surface area contributed by atoms with Crippen molar-refractivity contribution >= 4 is 0 Å². The highest BCUT2D eigenvalue weighted by Gasteiger charge is 2.28. The zero-order valence-corrected chi connectivity index (χ0v) is 7.96. The van der Waals surface area contributed by atoms with E-state index >= 15 is 0 Å². The van der Waals surface area contributed by atoms with E-state index in [1.54, 1.807) is 0 Å². The molecule has 1 aliphatic heterocycles. The lowest BCUT2D eigenvalue weighted by molar-refractivity contribution is 0.0137. The van der Waals surface area contributed by atoms with Gasteiger partial charge in [-0.2, -0.15) is 0 Å². The summed E-state index contributed by atoms with van der Waals surface area (Å²) in [5.41, 5.74) is 0. The SMILES string of the molecule is CN(C1CCC1)C1CCOCC1. The minimum atomic E-state index is 0.809. The van der Waals surface area contributed by atoms with E-state index in [2.05, 4.69) is 11.9 Å². The lowest BCUT2D eigenvalue weighted by Gasteiger charge is -2.41. The van der Waals surface area contributed by atoms with E-state index in [4.69, 9.17) is 4.74 Å². The van der Waals surface area contributed by atoms with Crippen LogP contribution < -0.4 is 0 Å². The molecule has 2 fully saturated rings. The zero-order valence-electron chi connectivity index (χ0n) is 7.96. The second-order valence-electron chi connectivity index (χ2n) is 4.09. The maximum Gasteiger partial charge on any atom is 0.0480 e. The summed E-state index contributed by atoms with van der Waals surface area (Å²) in [6, 6.07) is 1.71. The Morgan fingerprint density at radius 1 is 1.00 bits per heavy atom. The van der Waals surface area contributed by atoms with Gasteiger partial charge in [-0.05, 0) is 32.7 Å². The minimum absolute atomic E-state index is 0.809. The van der Waals surface area contributed by atoms with E-state index in [-0.39, 0.29) is 0 Å². The Bertz CT molecular complexity index is 139. The van der Waals surface area contributed by atoms with Crippen LogP contribution in [0.2, 0.25) is 0 Å². The predicted octanol–water partition coefficient (Wildman–Crippen LogP) is 1.65. The number of hydrogen-bond donors (Lipinski definition) is 0. The van der Waals surface area contributed by atoms with Gasteiger partial charge in [-0.15, -0.1) is 0 Å². The van der Waals surface area contributed by atoms with Crippen molar-refractivity contribution in [3.63, 3.8) is 0 Å². The Morgan fingerprint density at radius 3 is 2.08 bits per heavy atom. The van der Waals surface area contributed by atoms with Gasteiger partial charge in [0.2, 0.25) is 0 Å². The molecule has 0 atom stereocenters. The Labute approximate surface area is 74.9 Å². The Morgan fingerprint density at radius 2 is 1.58 bits per heavy atom. The fourth-order valence-electron chi connectivity index (χ4n) is 2.18. The summed E-state index contributed by atoms with van der Waals surface area (Å²) in [4.78, 5) is 2.59. The molecule has 1 saturated carbocycles. The van der Waals surface area contributed by atoms with Crippen LogP contribution >= 0.6 is 0 Å². The number of ether oxygens (including phenoxy) is 1. The zero-order chi connectivity index (χ0) is 8.39. The first-order valence-electron chi connectivity index (χ1n) is 5.17. The van der Waals surface area contributed by atoms with Gasteiger partial charge in [-0.3, -0.25) is 0 Å². The molecule has 0 radical (unpaired) electrons. The van der Waals surface area contributed by atoms with Crippen molar-refractivity contribution in [2.24, 2.45) is 0 Å². The number of rotatable bonds is 2. The van der Waals surface area contributed by atoms with Crippen molar-refractivity contribution in [2.75, 3.05) is 20.3 Å². The summed E-state index contributed by atoms with van der Waals surface area (Å²) in [6.07, 6.45) is 6.78. The van der Waals surface area contributed by atoms with Crippen LogP contribution in [0.4, 0.5) is 0 Å². The van der Waals surface area contributed by atoms with Crippen molar-refractivity contribution in [3.8, 4) is 0 Å². The third-order valence-corrected chi connectivity index (χ3v) is 3.42. The van der Waals surface area contributed by atoms with E-state index in [0.717, 1.165) is 25.3 Å². The number of nitrogens with zero attached hydrogens (tertiary/aromatic N) is 1. The molecule has 12 heavy (non-hydrogen) atoms. The molecule has 2 rings (SSSR count). The van der Waals surface area contributed by atoms with Gasteiger partial charge in [0, 0.05) is 25.3 Å². The fraction of sp³-hybridized carbons (Fsp3) is 1.00. The average molecular weight is 169 g/mol. The molecule has 2 nitrogen and oxygen atoms in total. The molecule has 0 bridgehead atoms. The molecule has 1 aliphatic carbocycles. The summed E-state index contributed by atoms with van der Waals surface area (Å²) in [7, 11) is 2.29. The van der Waals surface area contributed by atoms with E-state index in [1.165, 1.54) is 32.1 Å². The van der Waals surface area contributed by atoms with E-state index in [9.17, 15) is 0 Å². The highest BCUT2D eigenvalue weighted by atomic mass is 16.5. The first-order valence-corrected chi connectivity index (χ1v) is 5.17. The van der Waals surface area contributed by atoms with Crippen LogP contribution in [0, 0.1) is 0 Å². The van der Waals surface area contributed by atoms with Gasteiger partial charge in [-0.1, -0.05) is 6.42 Å². The monoisotopic (exact) mass is 169 g/mol. The summed E-state index contributed by atoms with van der Waals surface area (Å²) in [5.74, 6) is 0. The highest BCUT2D eigenvalue weighted by molar-refractivity contribution is 4.83. The standard InChI is InChI=1S/C10H19NO/c1-11(9-3-2-4-9)10-5-7-12-8-6-10/h9-10H,2-8H2,1H3. The van der Waals surface area contributed by atoms with Crippen LogP contribution in [0.25, 0.3) is 0 Å². The second-order valence-corrected chi connectivity index (χ2v) is 4.09. The first kappa shape index (κ1) is 8.52. The molecule has 0 amide bonds. The van der Waals surface area contributed by atoms with Gasteiger partial charge in [-0.25, -0.2) is 0 Å². The maximum absolute atomic E-state index is 5.35. The Hall–Kier alpha value is -0.0800. The van der Waals surface area contributed by atoms with E-state index < -0.39 is 0 Å². The molecule has 0 unspecified atom stereocenters. The molecule has 2 aliphatic rings. The van der Waals surface area contributed by atoms with Gasteiger partial charge in [0.15, 0.2) is 0 Å². The van der Waals surface area contributed by atoms with Crippen LogP contribution in [0.3, 0.4) is 0 Å². The van der Waals surface area contributed by atoms with Crippen LogP contribution in [0.5, 0.6) is 0 Å². The van der Waals surface area contributed by atoms with Gasteiger partial charge >= 0.3 is 0 Å². The van der Waals surface area contributed by atoms with Crippen molar-refractivity contribution in [1.82, 2.24) is 4.90 Å². The van der Waals surface area contributed by atoms with Crippen molar-refractivity contribution in [3.05, 3.63) is 0 Å². The smallest absolute Gasteiger partial charge is 0.0480 e. The highest BCUT2D eigenvalue weighted by Crippen LogP contribution is 2.27. The van der Waals surface area contributed by atoms with Gasteiger partial charge in [0.25, 0.3) is 0 Å². The molecular formula is C10H19NO. The predicted molar refractivity (Wildman–Crippen MR) is 49.2 cm³/mol. The van der Waals surface area contributed by atoms with Crippen molar-refractivity contribution < 1.29 is 4.74 Å². The molecule has 0 N–H and O–H groups in total. The van der Waals surface area contributed by atoms with Crippen LogP contribution in [0.15, 0.2) is 0 Å². The number of hydrogen-bond acceptors (Lipinski definition) is 2. The summed E-state index contributed by atoms with van der Waals surface area (Å²) in [6.45, 7) is 1.95. The lowest BCUT2D eigenvalue weighted by Crippen LogP contribution is -2.46. The first-order chi connectivity index (χ1) is 5.88. The summed E-state index contributed by atoms with van der Waals surface area (Å²) < 4.78 is 5.35. The molecule has 0 aromatic carbocycles. The molecule has 1 heterocycles. The van der Waals surface area contributed by atoms with E-state index in [1.807, 2.05) is 0 Å². The summed E-state index contributed by atoms with van der Waals surface area (Å²) >= 11 is 0. The van der Waals surface area contributed by atoms with Crippen molar-refractivity contribution in [2.45, 2.75) is 44.2 Å². The van der Waals surface area contributed by atoms with E-state index in [0.29, 0.717) is 0 Å². The van der Waals surface area contributed by atoms with Crippen molar-refractivity contribution in [1.29, 1.82) is 0 Å². The molecule has 70 valence electrons. The minimum Gasteiger partial charge on any atom is -0.381 e. The molecule has 0 aromatic rings. The third-order valence-electron chi connectivity index (χ3n) is 3.42. The lowest BCUT2D eigenvalue weighted by atomic mass is 9.90. The largest absolute Gasteiger partial charge is 0.381 e. The van der Waals surface area contributed by atoms with Crippen LogP contribution in [-0.4, -0.2) is 37.2 Å². The molecule has 1 saturated heterocycles. The average Bonchev–Trinajstić information content (AvgIpc) is 2.03. The molecule has 2 heteroatoms. The second kappa shape index (κ2) is 3.75. The molecule has 0 spiro atoms. The molecule has 0 aromatic heterocycles. The van der Waals surface area contributed by atoms with Gasteiger partial charge in [0.05, 0.1) is 0 Å². The maximum atomic E-state index is 5.35. The Kier molecular flexibility index (Phi) is 2.66. The fourth-order valence-corrected chi connectivity index (χ4v) is 2.18. The third kappa shape index (κ3) is 1.64. The Balaban J connectivity index is 1.80. The normalized spacial score (nSPS) is 27.5. The van der Waals surface area contributed by atoms with Crippen LogP contribution in [-0.2, 0) is 4.74 Å². The topological polar surface area (TPSA) is 12.5 Å².